The standard InChI is InChI=1S/C13H9ClFO/c14-12-7-6-11(15)8-13(12)16-9-10-4-2-1-3-5-10/h1-7H,9H2. The van der Waals surface area contributed by atoms with Gasteiger partial charge in [0, 0.05) is 0 Å². The smallest absolute Gasteiger partial charge is 0.149 e. The number of hydrogen-bond donors (Lipinski definition) is 0. The first-order valence-electron chi connectivity index (χ1n) is 4.80. The zero-order chi connectivity index (χ0) is 11.4. The number of benzene rings is 2. The van der Waals surface area contributed by atoms with Gasteiger partial charge < -0.3 is 4.74 Å². The third-order valence-electron chi connectivity index (χ3n) is 2.05. The van der Waals surface area contributed by atoms with Crippen LogP contribution < -0.4 is 4.74 Å². The lowest BCUT2D eigenvalue weighted by molar-refractivity contribution is 0.304. The van der Waals surface area contributed by atoms with Crippen LogP contribution in [0.1, 0.15) is 5.56 Å². The molecule has 3 heteroatoms. The lowest BCUT2D eigenvalue weighted by Gasteiger charge is -2.07. The van der Waals surface area contributed by atoms with Gasteiger partial charge in [0.05, 0.1) is 11.1 Å². The van der Waals surface area contributed by atoms with E-state index in [0.717, 1.165) is 5.56 Å². The Balaban J connectivity index is 2.08. The van der Waals surface area contributed by atoms with Crippen LogP contribution in [0.25, 0.3) is 0 Å². The quantitative estimate of drug-likeness (QED) is 0.785. The Hall–Kier alpha value is -1.54. The number of ether oxygens (including phenoxy) is 1. The van der Waals surface area contributed by atoms with Crippen molar-refractivity contribution in [3.63, 3.8) is 0 Å². The molecule has 0 aliphatic carbocycles. The predicted octanol–water partition coefficient (Wildman–Crippen LogP) is 3.86. The van der Waals surface area contributed by atoms with E-state index >= 15 is 0 Å². The summed E-state index contributed by atoms with van der Waals surface area (Å²) in [4.78, 5) is 0. The van der Waals surface area contributed by atoms with Crippen LogP contribution in [0, 0.1) is 11.9 Å². The molecule has 0 N–H and O–H groups in total. The maximum atomic E-state index is 12.9. The normalized spacial score (nSPS) is 10.1. The number of rotatable bonds is 3. The van der Waals surface area contributed by atoms with Gasteiger partial charge in [-0.05, 0) is 17.7 Å². The second-order valence-corrected chi connectivity index (χ2v) is 3.66. The van der Waals surface area contributed by atoms with Gasteiger partial charge in [-0.2, -0.15) is 0 Å². The van der Waals surface area contributed by atoms with Crippen LogP contribution >= 0.6 is 11.6 Å². The molecule has 0 atom stereocenters. The molecule has 81 valence electrons. The Morgan fingerprint density at radius 3 is 2.62 bits per heavy atom. The molecule has 0 spiro atoms. The van der Waals surface area contributed by atoms with Crippen molar-refractivity contribution < 1.29 is 9.13 Å². The highest BCUT2D eigenvalue weighted by Gasteiger charge is 2.04. The van der Waals surface area contributed by atoms with Crippen LogP contribution in [0.5, 0.6) is 5.75 Å². The summed E-state index contributed by atoms with van der Waals surface area (Å²) in [6, 6.07) is 14.7. The zero-order valence-electron chi connectivity index (χ0n) is 8.41. The Bertz CT molecular complexity index is 471. The highest BCUT2D eigenvalue weighted by atomic mass is 35.5. The first-order valence-corrected chi connectivity index (χ1v) is 5.17. The molecule has 0 saturated heterocycles. The van der Waals surface area contributed by atoms with Crippen molar-refractivity contribution in [3.8, 4) is 5.75 Å². The molecular weight excluding hydrogens is 227 g/mol. The minimum absolute atomic E-state index is 0.241. The van der Waals surface area contributed by atoms with Gasteiger partial charge >= 0.3 is 0 Å². The van der Waals surface area contributed by atoms with Gasteiger partial charge in [-0.3, -0.25) is 0 Å². The summed E-state index contributed by atoms with van der Waals surface area (Å²) < 4.78 is 18.3. The Morgan fingerprint density at radius 1 is 1.12 bits per heavy atom. The van der Waals surface area contributed by atoms with Crippen molar-refractivity contribution in [2.45, 2.75) is 6.61 Å². The molecule has 1 radical (unpaired) electrons. The van der Waals surface area contributed by atoms with E-state index in [1.54, 1.807) is 0 Å². The van der Waals surface area contributed by atoms with Gasteiger partial charge in [0.1, 0.15) is 18.2 Å². The molecule has 16 heavy (non-hydrogen) atoms. The maximum Gasteiger partial charge on any atom is 0.149 e. The van der Waals surface area contributed by atoms with E-state index in [1.165, 1.54) is 12.1 Å². The molecule has 2 aromatic carbocycles. The van der Waals surface area contributed by atoms with Crippen molar-refractivity contribution >= 4 is 11.6 Å². The Kier molecular flexibility index (Phi) is 3.42. The number of hydrogen-bond acceptors (Lipinski definition) is 1. The highest BCUT2D eigenvalue weighted by molar-refractivity contribution is 6.32. The second kappa shape index (κ2) is 4.99. The fraction of sp³-hybridized carbons (Fsp3) is 0.0769. The van der Waals surface area contributed by atoms with Gasteiger partial charge in [-0.15, -0.1) is 0 Å². The van der Waals surface area contributed by atoms with E-state index in [-0.39, 0.29) is 5.75 Å². The molecule has 0 bridgehead atoms. The molecule has 1 nitrogen and oxygen atoms in total. The van der Waals surface area contributed by atoms with E-state index in [1.807, 2.05) is 30.3 Å². The van der Waals surface area contributed by atoms with Gasteiger partial charge in [-0.25, -0.2) is 4.39 Å². The van der Waals surface area contributed by atoms with E-state index < -0.39 is 5.82 Å². The molecule has 0 aromatic heterocycles. The van der Waals surface area contributed by atoms with Crippen molar-refractivity contribution in [2.24, 2.45) is 0 Å². The summed E-state index contributed by atoms with van der Waals surface area (Å²) >= 11 is 5.84. The summed E-state index contributed by atoms with van der Waals surface area (Å²) in [5.74, 6) is -0.238. The second-order valence-electron chi connectivity index (χ2n) is 3.26. The van der Waals surface area contributed by atoms with Crippen LogP contribution in [0.15, 0.2) is 42.5 Å². The van der Waals surface area contributed by atoms with Crippen LogP contribution in [-0.4, -0.2) is 0 Å². The zero-order valence-corrected chi connectivity index (χ0v) is 9.17. The molecule has 0 heterocycles. The van der Waals surface area contributed by atoms with Crippen molar-refractivity contribution in [2.75, 3.05) is 0 Å². The van der Waals surface area contributed by atoms with Crippen molar-refractivity contribution in [1.29, 1.82) is 0 Å². The summed E-state index contributed by atoms with van der Waals surface area (Å²) in [5, 5.41) is 0.359. The fourth-order valence-corrected chi connectivity index (χ4v) is 1.43. The van der Waals surface area contributed by atoms with Crippen LogP contribution in [0.2, 0.25) is 5.02 Å². The van der Waals surface area contributed by atoms with Gasteiger partial charge in [0.15, 0.2) is 0 Å². The molecule has 0 amide bonds. The van der Waals surface area contributed by atoms with Crippen LogP contribution in [-0.2, 0) is 6.61 Å². The van der Waals surface area contributed by atoms with Crippen molar-refractivity contribution in [3.05, 3.63) is 64.9 Å². The summed E-state index contributed by atoms with van der Waals surface area (Å²) in [5.41, 5.74) is 0.997. The first kappa shape index (κ1) is 11.0. The van der Waals surface area contributed by atoms with Crippen LogP contribution in [0.3, 0.4) is 0 Å². The average molecular weight is 236 g/mol. The largest absolute Gasteiger partial charge is 0.487 e. The molecule has 0 saturated carbocycles. The summed E-state index contributed by atoms with van der Waals surface area (Å²) in [7, 11) is 0. The van der Waals surface area contributed by atoms with E-state index in [9.17, 15) is 4.39 Å². The lowest BCUT2D eigenvalue weighted by Crippen LogP contribution is -1.96. The van der Waals surface area contributed by atoms with E-state index in [2.05, 4.69) is 6.07 Å². The predicted molar refractivity (Wildman–Crippen MR) is 61.0 cm³/mol. The van der Waals surface area contributed by atoms with Crippen LogP contribution in [0.4, 0.5) is 4.39 Å². The minimum atomic E-state index is -0.479. The van der Waals surface area contributed by atoms with E-state index in [0.29, 0.717) is 11.6 Å². The monoisotopic (exact) mass is 235 g/mol. The van der Waals surface area contributed by atoms with Gasteiger partial charge in [0.25, 0.3) is 0 Å². The molecule has 0 aliphatic heterocycles. The molecular formula is C13H9ClFO. The molecule has 2 aromatic rings. The van der Waals surface area contributed by atoms with Gasteiger partial charge in [0.2, 0.25) is 0 Å². The van der Waals surface area contributed by atoms with Gasteiger partial charge in [-0.1, -0.05) is 41.9 Å². The highest BCUT2D eigenvalue weighted by Crippen LogP contribution is 2.24. The molecule has 0 aliphatic rings. The van der Waals surface area contributed by atoms with Crippen molar-refractivity contribution in [1.82, 2.24) is 0 Å². The summed E-state index contributed by atoms with van der Waals surface area (Å²) in [6.45, 7) is 0.348. The summed E-state index contributed by atoms with van der Waals surface area (Å²) in [6.07, 6.45) is 0. The minimum Gasteiger partial charge on any atom is -0.487 e. The fourth-order valence-electron chi connectivity index (χ4n) is 1.27. The average Bonchev–Trinajstić information content (AvgIpc) is 2.32. The number of halogens is 2. The molecule has 0 fully saturated rings. The third kappa shape index (κ3) is 2.74. The topological polar surface area (TPSA) is 9.23 Å². The first-order chi connectivity index (χ1) is 7.75. The SMILES string of the molecule is Fc1[c]c(OCc2ccccc2)c(Cl)cc1. The molecule has 2 rings (SSSR count). The molecule has 0 unspecified atom stereocenters. The Morgan fingerprint density at radius 2 is 1.88 bits per heavy atom. The maximum absolute atomic E-state index is 12.9. The Labute approximate surface area is 98.4 Å². The third-order valence-corrected chi connectivity index (χ3v) is 2.35. The lowest BCUT2D eigenvalue weighted by atomic mass is 10.2. The van der Waals surface area contributed by atoms with E-state index in [4.69, 9.17) is 16.3 Å².